The number of nitrogens with two attached hydrogens (primary N) is 4. The van der Waals surface area contributed by atoms with Gasteiger partial charge in [-0.25, -0.2) is 4.79 Å². The summed E-state index contributed by atoms with van der Waals surface area (Å²) in [4.78, 5) is 75.9. The molecule has 0 aromatic carbocycles. The highest BCUT2D eigenvalue weighted by Gasteiger charge is 2.30. The third-order valence-corrected chi connectivity index (χ3v) is 5.22. The molecule has 0 spiro atoms. The second kappa shape index (κ2) is 17.5. The lowest BCUT2D eigenvalue weighted by Crippen LogP contribution is -2.57. The fourth-order valence-electron chi connectivity index (χ4n) is 3.25. The Hall–Kier alpha value is -3.95. The van der Waals surface area contributed by atoms with Crippen molar-refractivity contribution in [2.75, 3.05) is 6.54 Å². The van der Waals surface area contributed by atoms with Crippen molar-refractivity contribution in [1.29, 1.82) is 0 Å². The van der Waals surface area contributed by atoms with Crippen molar-refractivity contribution in [3.63, 3.8) is 0 Å². The van der Waals surface area contributed by atoms with Gasteiger partial charge < -0.3 is 49.1 Å². The fourth-order valence-corrected chi connectivity index (χ4v) is 3.25. The molecule has 0 radical (unpaired) electrons. The molecule has 0 saturated carbocycles. The van der Waals surface area contributed by atoms with Crippen molar-refractivity contribution < 1.29 is 39.0 Å². The molecule has 0 rings (SSSR count). The summed E-state index contributed by atoms with van der Waals surface area (Å²) in [5.41, 5.74) is 21.4. The molecule has 4 atom stereocenters. The molecule has 0 fully saturated rings. The first-order valence-corrected chi connectivity index (χ1v) is 12.1. The molecule has 16 heteroatoms. The number of nitrogens with zero attached hydrogens (tertiary/aromatic N) is 1. The molecule has 0 saturated heterocycles. The molecule has 0 aromatic rings. The van der Waals surface area contributed by atoms with Crippen molar-refractivity contribution in [2.45, 2.75) is 83.0 Å². The molecule has 38 heavy (non-hydrogen) atoms. The molecule has 4 unspecified atom stereocenters. The summed E-state index contributed by atoms with van der Waals surface area (Å²) in [5, 5.41) is 25.7. The highest BCUT2D eigenvalue weighted by Crippen LogP contribution is 2.08. The number of rotatable bonds is 19. The van der Waals surface area contributed by atoms with Gasteiger partial charge in [-0.3, -0.25) is 29.0 Å². The van der Waals surface area contributed by atoms with E-state index in [0.29, 0.717) is 0 Å². The number of carboxylic acid groups (broad SMARTS) is 2. The Morgan fingerprint density at radius 3 is 1.76 bits per heavy atom. The average Bonchev–Trinajstić information content (AvgIpc) is 2.80. The smallest absolute Gasteiger partial charge is 0.326 e. The van der Waals surface area contributed by atoms with E-state index in [0.717, 1.165) is 0 Å². The summed E-state index contributed by atoms with van der Waals surface area (Å²) >= 11 is 0. The molecule has 13 N–H and O–H groups in total. The highest BCUT2D eigenvalue weighted by molar-refractivity contribution is 5.94. The van der Waals surface area contributed by atoms with Crippen LogP contribution in [0.25, 0.3) is 0 Å². The standard InChI is InChI=1S/C22H40N8O8/c1-11(2)10-15(21(37)38)30-19(35)13(4-3-9-27-22(25)26)29-20(36)14(6-8-17(32)33)28-18(34)12(23)5-7-16(24)31/h11-15H,3-10,23H2,1-2H3,(H2,24,31)(H,28,34)(H,29,36)(H,30,35)(H,32,33)(H,37,38)(H4,25,26,27). The van der Waals surface area contributed by atoms with Gasteiger partial charge in [0, 0.05) is 19.4 Å². The van der Waals surface area contributed by atoms with Crippen molar-refractivity contribution >= 4 is 41.5 Å². The summed E-state index contributed by atoms with van der Waals surface area (Å²) in [6.07, 6.45) is -0.746. The zero-order chi connectivity index (χ0) is 29.4. The lowest BCUT2D eigenvalue weighted by atomic mass is 10.0. The Morgan fingerprint density at radius 2 is 1.29 bits per heavy atom. The van der Waals surface area contributed by atoms with Gasteiger partial charge in [0.25, 0.3) is 0 Å². The van der Waals surface area contributed by atoms with Crippen LogP contribution in [0.3, 0.4) is 0 Å². The second-order valence-electron chi connectivity index (χ2n) is 9.14. The number of carboxylic acids is 2. The number of hydrogen-bond donors (Lipinski definition) is 9. The minimum atomic E-state index is -1.39. The molecule has 0 heterocycles. The SMILES string of the molecule is CC(C)CC(NC(=O)C(CCCN=C(N)N)NC(=O)C(CCC(=O)O)NC(=O)C(N)CCC(N)=O)C(=O)O. The van der Waals surface area contributed by atoms with E-state index >= 15 is 0 Å². The van der Waals surface area contributed by atoms with Gasteiger partial charge in [0.15, 0.2) is 5.96 Å². The van der Waals surface area contributed by atoms with Gasteiger partial charge in [0.1, 0.15) is 18.1 Å². The van der Waals surface area contributed by atoms with Crippen LogP contribution in [0.15, 0.2) is 4.99 Å². The van der Waals surface area contributed by atoms with E-state index in [1.54, 1.807) is 13.8 Å². The Morgan fingerprint density at radius 1 is 0.763 bits per heavy atom. The number of amides is 4. The Labute approximate surface area is 220 Å². The molecule has 0 bridgehead atoms. The van der Waals surface area contributed by atoms with Gasteiger partial charge in [-0.05, 0) is 38.0 Å². The first-order valence-electron chi connectivity index (χ1n) is 12.1. The Bertz CT molecular complexity index is 875. The predicted molar refractivity (Wildman–Crippen MR) is 136 cm³/mol. The maximum atomic E-state index is 13.0. The van der Waals surface area contributed by atoms with Crippen LogP contribution in [0.5, 0.6) is 0 Å². The number of aliphatic imine (C=N–C) groups is 1. The first-order chi connectivity index (χ1) is 17.6. The summed E-state index contributed by atoms with van der Waals surface area (Å²) in [5.74, 6) is -5.91. The van der Waals surface area contributed by atoms with E-state index in [1.165, 1.54) is 0 Å². The van der Waals surface area contributed by atoms with Gasteiger partial charge in [0.05, 0.1) is 6.04 Å². The molecular weight excluding hydrogens is 504 g/mol. The van der Waals surface area contributed by atoms with Crippen LogP contribution in [0.4, 0.5) is 0 Å². The van der Waals surface area contributed by atoms with Crippen LogP contribution in [0, 0.1) is 5.92 Å². The minimum Gasteiger partial charge on any atom is -0.481 e. The highest BCUT2D eigenvalue weighted by atomic mass is 16.4. The van der Waals surface area contributed by atoms with Gasteiger partial charge in [0.2, 0.25) is 23.6 Å². The number of aliphatic carboxylic acids is 2. The van der Waals surface area contributed by atoms with E-state index in [2.05, 4.69) is 20.9 Å². The van der Waals surface area contributed by atoms with Crippen LogP contribution < -0.4 is 38.9 Å². The zero-order valence-corrected chi connectivity index (χ0v) is 21.6. The van der Waals surface area contributed by atoms with Gasteiger partial charge in [-0.1, -0.05) is 13.8 Å². The maximum absolute atomic E-state index is 13.0. The largest absolute Gasteiger partial charge is 0.481 e. The van der Waals surface area contributed by atoms with Crippen molar-refractivity contribution in [3.05, 3.63) is 0 Å². The van der Waals surface area contributed by atoms with Crippen molar-refractivity contribution in [1.82, 2.24) is 16.0 Å². The van der Waals surface area contributed by atoms with Crippen LogP contribution in [0.1, 0.15) is 58.8 Å². The van der Waals surface area contributed by atoms with Crippen LogP contribution >= 0.6 is 0 Å². The quantitative estimate of drug-likeness (QED) is 0.0450. The third kappa shape index (κ3) is 15.2. The maximum Gasteiger partial charge on any atom is 0.326 e. The lowest BCUT2D eigenvalue weighted by Gasteiger charge is -2.25. The van der Waals surface area contributed by atoms with Gasteiger partial charge in [-0.2, -0.15) is 0 Å². The number of guanidine groups is 1. The third-order valence-electron chi connectivity index (χ3n) is 5.22. The molecule has 16 nitrogen and oxygen atoms in total. The van der Waals surface area contributed by atoms with Crippen LogP contribution in [-0.4, -0.2) is 82.5 Å². The van der Waals surface area contributed by atoms with E-state index < -0.39 is 66.2 Å². The monoisotopic (exact) mass is 544 g/mol. The summed E-state index contributed by atoms with van der Waals surface area (Å²) in [6.45, 7) is 3.67. The van der Waals surface area contributed by atoms with Gasteiger partial charge in [-0.15, -0.1) is 0 Å². The second-order valence-corrected chi connectivity index (χ2v) is 9.14. The molecule has 0 aliphatic rings. The summed E-state index contributed by atoms with van der Waals surface area (Å²) in [6, 6.07) is -5.06. The molecule has 216 valence electrons. The van der Waals surface area contributed by atoms with Crippen LogP contribution in [0.2, 0.25) is 0 Å². The van der Waals surface area contributed by atoms with E-state index in [1.807, 2.05) is 0 Å². The average molecular weight is 545 g/mol. The van der Waals surface area contributed by atoms with E-state index in [4.69, 9.17) is 28.0 Å². The molecule has 0 aromatic heterocycles. The Kier molecular flexibility index (Phi) is 15.7. The molecule has 0 aliphatic carbocycles. The first kappa shape index (κ1) is 34.0. The van der Waals surface area contributed by atoms with Gasteiger partial charge >= 0.3 is 11.9 Å². The van der Waals surface area contributed by atoms with Crippen molar-refractivity contribution in [3.8, 4) is 0 Å². The number of hydrogen-bond acceptors (Lipinski definition) is 8. The zero-order valence-electron chi connectivity index (χ0n) is 21.6. The van der Waals surface area contributed by atoms with E-state index in [-0.39, 0.29) is 56.9 Å². The summed E-state index contributed by atoms with van der Waals surface area (Å²) in [7, 11) is 0. The lowest BCUT2D eigenvalue weighted by molar-refractivity contribution is -0.143. The van der Waals surface area contributed by atoms with Crippen LogP contribution in [-0.2, 0) is 28.8 Å². The molecular formula is C22H40N8O8. The molecule has 4 amide bonds. The normalized spacial score (nSPS) is 13.9. The molecule has 0 aliphatic heterocycles. The number of nitrogens with one attached hydrogen (secondary N) is 3. The predicted octanol–water partition coefficient (Wildman–Crippen LogP) is -2.92. The van der Waals surface area contributed by atoms with E-state index in [9.17, 15) is 33.9 Å². The minimum absolute atomic E-state index is 0.0000927. The summed E-state index contributed by atoms with van der Waals surface area (Å²) < 4.78 is 0. The topological polar surface area (TPSA) is 295 Å². The number of primary amides is 1. The number of carbonyl (C=O) groups is 6. The fraction of sp³-hybridized carbons (Fsp3) is 0.682. The number of carbonyl (C=O) groups excluding carboxylic acids is 4. The Balaban J connectivity index is 5.70. The van der Waals surface area contributed by atoms with Crippen molar-refractivity contribution in [2.24, 2.45) is 33.8 Å².